The number of pyridine rings is 1. The van der Waals surface area contributed by atoms with Crippen molar-refractivity contribution in [1.29, 1.82) is 0 Å². The second-order valence-corrected chi connectivity index (χ2v) is 5.15. The van der Waals surface area contributed by atoms with Crippen LogP contribution in [0.4, 0.5) is 5.82 Å². The first-order chi connectivity index (χ1) is 9.20. The van der Waals surface area contributed by atoms with Gasteiger partial charge in [0.1, 0.15) is 5.82 Å². The number of anilines is 1. The molecule has 102 valence electrons. The molecule has 1 aromatic carbocycles. The summed E-state index contributed by atoms with van der Waals surface area (Å²) in [5, 5.41) is 9.29. The Hall–Kier alpha value is -1.61. The summed E-state index contributed by atoms with van der Waals surface area (Å²) in [5.41, 5.74) is 1.09. The molecule has 0 saturated heterocycles. The molecule has 0 unspecified atom stereocenters. The molecule has 2 rings (SSSR count). The first kappa shape index (κ1) is 13.8. The summed E-state index contributed by atoms with van der Waals surface area (Å²) in [7, 11) is 0. The number of fused-ring (bicyclic) bond motifs is 1. The van der Waals surface area contributed by atoms with Gasteiger partial charge >= 0.3 is 0 Å². The van der Waals surface area contributed by atoms with E-state index in [1.165, 1.54) is 10.8 Å². The van der Waals surface area contributed by atoms with Gasteiger partial charge in [-0.1, -0.05) is 45.0 Å². The van der Waals surface area contributed by atoms with Gasteiger partial charge in [-0.25, -0.2) is 4.98 Å². The van der Waals surface area contributed by atoms with Crippen molar-refractivity contribution >= 4 is 16.6 Å². The van der Waals surface area contributed by atoms with E-state index < -0.39 is 0 Å². The molecule has 3 heteroatoms. The summed E-state index contributed by atoms with van der Waals surface area (Å²) in [6.45, 7) is 8.23. The van der Waals surface area contributed by atoms with Crippen molar-refractivity contribution in [3.05, 3.63) is 36.0 Å². The maximum absolute atomic E-state index is 4.74. The lowest BCUT2D eigenvalue weighted by molar-refractivity contribution is 0.582. The molecule has 1 heterocycles. The summed E-state index contributed by atoms with van der Waals surface area (Å²) in [6, 6.07) is 11.0. The van der Waals surface area contributed by atoms with Gasteiger partial charge in [0.25, 0.3) is 0 Å². The van der Waals surface area contributed by atoms with E-state index in [1.54, 1.807) is 0 Å². The fourth-order valence-corrected chi connectivity index (χ4v) is 2.03. The second kappa shape index (κ2) is 6.53. The standard InChI is InChI=1S/C16H23N3/c1-4-9-17-16-15-8-6-5-7-13(15)10-14(19-16)11-18-12(2)3/h5-8,10,12,18H,4,9,11H2,1-3H3,(H,17,19). The minimum atomic E-state index is 0.473. The highest BCUT2D eigenvalue weighted by Gasteiger charge is 2.05. The molecule has 3 nitrogen and oxygen atoms in total. The Morgan fingerprint density at radius 1 is 1.21 bits per heavy atom. The normalized spacial score (nSPS) is 11.2. The highest BCUT2D eigenvalue weighted by Crippen LogP contribution is 2.22. The Balaban J connectivity index is 2.32. The molecule has 0 fully saturated rings. The van der Waals surface area contributed by atoms with E-state index in [-0.39, 0.29) is 0 Å². The highest BCUT2D eigenvalue weighted by atomic mass is 15.0. The molecule has 0 spiro atoms. The SMILES string of the molecule is CCCNc1nc(CNC(C)C)cc2ccccc12. The van der Waals surface area contributed by atoms with Gasteiger partial charge in [0.05, 0.1) is 5.69 Å². The minimum Gasteiger partial charge on any atom is -0.370 e. The molecule has 0 aliphatic carbocycles. The van der Waals surface area contributed by atoms with Gasteiger partial charge in [-0.3, -0.25) is 0 Å². The molecule has 0 atom stereocenters. The van der Waals surface area contributed by atoms with Crippen molar-refractivity contribution in [2.24, 2.45) is 0 Å². The Labute approximate surface area is 115 Å². The van der Waals surface area contributed by atoms with Gasteiger partial charge in [0, 0.05) is 24.5 Å². The zero-order chi connectivity index (χ0) is 13.7. The Bertz CT molecular complexity index is 535. The topological polar surface area (TPSA) is 37.0 Å². The largest absolute Gasteiger partial charge is 0.370 e. The first-order valence-corrected chi connectivity index (χ1v) is 7.06. The van der Waals surface area contributed by atoms with E-state index >= 15 is 0 Å². The number of rotatable bonds is 6. The summed E-state index contributed by atoms with van der Waals surface area (Å²) in [5.74, 6) is 1.00. The van der Waals surface area contributed by atoms with Gasteiger partial charge in [-0.15, -0.1) is 0 Å². The lowest BCUT2D eigenvalue weighted by Crippen LogP contribution is -2.22. The average molecular weight is 257 g/mol. The molecule has 19 heavy (non-hydrogen) atoms. The smallest absolute Gasteiger partial charge is 0.134 e. The fraction of sp³-hybridized carbons (Fsp3) is 0.438. The van der Waals surface area contributed by atoms with Crippen LogP contribution < -0.4 is 10.6 Å². The van der Waals surface area contributed by atoms with Crippen molar-refractivity contribution in [1.82, 2.24) is 10.3 Å². The van der Waals surface area contributed by atoms with Gasteiger partial charge in [-0.05, 0) is 17.9 Å². The van der Waals surface area contributed by atoms with Crippen LogP contribution in [-0.2, 0) is 6.54 Å². The van der Waals surface area contributed by atoms with Crippen LogP contribution in [0.2, 0.25) is 0 Å². The van der Waals surface area contributed by atoms with Crippen LogP contribution in [0.5, 0.6) is 0 Å². The Kier molecular flexibility index (Phi) is 4.74. The van der Waals surface area contributed by atoms with E-state index in [9.17, 15) is 0 Å². The van der Waals surface area contributed by atoms with E-state index in [2.05, 4.69) is 61.7 Å². The number of nitrogens with zero attached hydrogens (tertiary/aromatic N) is 1. The zero-order valence-corrected chi connectivity index (χ0v) is 12.0. The number of nitrogens with one attached hydrogen (secondary N) is 2. The van der Waals surface area contributed by atoms with Crippen LogP contribution in [-0.4, -0.2) is 17.6 Å². The monoisotopic (exact) mass is 257 g/mol. The number of benzene rings is 1. The summed E-state index contributed by atoms with van der Waals surface area (Å²) in [6.07, 6.45) is 1.10. The van der Waals surface area contributed by atoms with Gasteiger partial charge in [0.15, 0.2) is 0 Å². The molecule has 0 aliphatic rings. The predicted molar refractivity (Wildman–Crippen MR) is 82.5 cm³/mol. The fourth-order valence-electron chi connectivity index (χ4n) is 2.03. The molecule has 0 saturated carbocycles. The van der Waals surface area contributed by atoms with Gasteiger partial charge in [-0.2, -0.15) is 0 Å². The molecule has 0 radical (unpaired) electrons. The summed E-state index contributed by atoms with van der Waals surface area (Å²) < 4.78 is 0. The van der Waals surface area contributed by atoms with Crippen LogP contribution in [0.1, 0.15) is 32.9 Å². The summed E-state index contributed by atoms with van der Waals surface area (Å²) in [4.78, 5) is 4.74. The highest BCUT2D eigenvalue weighted by molar-refractivity contribution is 5.92. The van der Waals surface area contributed by atoms with Gasteiger partial charge in [0.2, 0.25) is 0 Å². The third kappa shape index (κ3) is 3.67. The van der Waals surface area contributed by atoms with Gasteiger partial charge < -0.3 is 10.6 Å². The molecule has 0 bridgehead atoms. The third-order valence-corrected chi connectivity index (χ3v) is 3.03. The molecule has 2 N–H and O–H groups in total. The molecule has 2 aromatic rings. The molecule has 0 amide bonds. The lowest BCUT2D eigenvalue weighted by Gasteiger charge is -2.12. The summed E-state index contributed by atoms with van der Waals surface area (Å²) >= 11 is 0. The molecular weight excluding hydrogens is 234 g/mol. The van der Waals surface area contributed by atoms with Crippen LogP contribution >= 0.6 is 0 Å². The number of aromatic nitrogens is 1. The second-order valence-electron chi connectivity index (χ2n) is 5.15. The zero-order valence-electron chi connectivity index (χ0n) is 12.0. The van der Waals surface area contributed by atoms with E-state index in [1.807, 2.05) is 0 Å². The minimum absolute atomic E-state index is 0.473. The van der Waals surface area contributed by atoms with E-state index in [0.29, 0.717) is 6.04 Å². The van der Waals surface area contributed by atoms with E-state index in [4.69, 9.17) is 4.98 Å². The lowest BCUT2D eigenvalue weighted by atomic mass is 10.1. The molecule has 1 aromatic heterocycles. The maximum Gasteiger partial charge on any atom is 0.134 e. The van der Waals surface area contributed by atoms with Crippen LogP contribution in [0.25, 0.3) is 10.8 Å². The average Bonchev–Trinajstić information content (AvgIpc) is 2.42. The first-order valence-electron chi connectivity index (χ1n) is 7.06. The number of hydrogen-bond acceptors (Lipinski definition) is 3. The Morgan fingerprint density at radius 2 is 2.00 bits per heavy atom. The quantitative estimate of drug-likeness (QED) is 0.831. The van der Waals surface area contributed by atoms with E-state index in [0.717, 1.165) is 31.0 Å². The van der Waals surface area contributed by atoms with Crippen molar-refractivity contribution in [2.45, 2.75) is 39.8 Å². The predicted octanol–water partition coefficient (Wildman–Crippen LogP) is 3.55. The molecular formula is C16H23N3. The number of hydrogen-bond donors (Lipinski definition) is 2. The van der Waals surface area contributed by atoms with Crippen molar-refractivity contribution in [3.8, 4) is 0 Å². The Morgan fingerprint density at radius 3 is 2.74 bits per heavy atom. The van der Waals surface area contributed by atoms with Crippen molar-refractivity contribution in [3.63, 3.8) is 0 Å². The van der Waals surface area contributed by atoms with Crippen LogP contribution in [0, 0.1) is 0 Å². The van der Waals surface area contributed by atoms with Crippen LogP contribution in [0.15, 0.2) is 30.3 Å². The molecule has 0 aliphatic heterocycles. The van der Waals surface area contributed by atoms with Crippen molar-refractivity contribution < 1.29 is 0 Å². The third-order valence-electron chi connectivity index (χ3n) is 3.03. The van der Waals surface area contributed by atoms with Crippen molar-refractivity contribution in [2.75, 3.05) is 11.9 Å². The van der Waals surface area contributed by atoms with Crippen LogP contribution in [0.3, 0.4) is 0 Å². The maximum atomic E-state index is 4.74.